The number of halogens is 1. The molecular weight excluding hydrogens is 338 g/mol. The zero-order chi connectivity index (χ0) is 17.5. The van der Waals surface area contributed by atoms with E-state index in [9.17, 15) is 0 Å². The molecule has 25 heavy (non-hydrogen) atoms. The number of benzene rings is 2. The second kappa shape index (κ2) is 9.09. The fraction of sp³-hybridized carbons (Fsp3) is 0.400. The molecule has 2 aromatic carbocycles. The molecule has 3 rings (SSSR count). The first-order valence-electron chi connectivity index (χ1n) is 8.72. The molecule has 2 N–H and O–H groups in total. The first kappa shape index (κ1) is 18.1. The SMILES string of the molecule is COc1cccc(C[NH2+]C[C@@H]2CCCO2)c1OCc1ccc(Cl)cc1. The summed E-state index contributed by atoms with van der Waals surface area (Å²) in [5, 5.41) is 3.00. The summed E-state index contributed by atoms with van der Waals surface area (Å²) in [5.41, 5.74) is 2.20. The van der Waals surface area contributed by atoms with Crippen LogP contribution in [0.5, 0.6) is 11.5 Å². The summed E-state index contributed by atoms with van der Waals surface area (Å²) in [6.45, 7) is 3.20. The molecule has 4 nitrogen and oxygen atoms in total. The van der Waals surface area contributed by atoms with Crippen molar-refractivity contribution in [2.75, 3.05) is 20.3 Å². The van der Waals surface area contributed by atoms with Crippen LogP contribution in [0.25, 0.3) is 0 Å². The van der Waals surface area contributed by atoms with Crippen molar-refractivity contribution in [2.45, 2.75) is 32.1 Å². The van der Waals surface area contributed by atoms with E-state index in [1.54, 1.807) is 7.11 Å². The van der Waals surface area contributed by atoms with Gasteiger partial charge in [-0.2, -0.15) is 0 Å². The zero-order valence-electron chi connectivity index (χ0n) is 14.5. The van der Waals surface area contributed by atoms with Gasteiger partial charge in [-0.1, -0.05) is 29.8 Å². The standard InChI is InChI=1S/C20H24ClNO3/c1-23-19-6-2-4-16(12-22-13-18-5-3-11-24-18)20(19)25-14-15-7-9-17(21)10-8-15/h2,4,6-10,18,22H,3,5,11-14H2,1H3/p+1/t18-/m0/s1. The van der Waals surface area contributed by atoms with Crippen LogP contribution in [0.3, 0.4) is 0 Å². The molecule has 1 aliphatic heterocycles. The van der Waals surface area contributed by atoms with Crippen molar-refractivity contribution in [3.8, 4) is 11.5 Å². The van der Waals surface area contributed by atoms with E-state index in [1.807, 2.05) is 36.4 Å². The van der Waals surface area contributed by atoms with Crippen molar-refractivity contribution in [1.29, 1.82) is 0 Å². The van der Waals surface area contributed by atoms with Crippen molar-refractivity contribution in [1.82, 2.24) is 0 Å². The van der Waals surface area contributed by atoms with Crippen LogP contribution in [0.4, 0.5) is 0 Å². The van der Waals surface area contributed by atoms with Gasteiger partial charge < -0.3 is 19.5 Å². The first-order chi connectivity index (χ1) is 12.3. The van der Waals surface area contributed by atoms with Gasteiger partial charge in [-0.3, -0.25) is 0 Å². The largest absolute Gasteiger partial charge is 0.493 e. The van der Waals surface area contributed by atoms with Crippen LogP contribution < -0.4 is 14.8 Å². The molecular formula is C20H25ClNO3+. The summed E-state index contributed by atoms with van der Waals surface area (Å²) in [4.78, 5) is 0. The Labute approximate surface area is 154 Å². The Bertz CT molecular complexity index is 669. The van der Waals surface area contributed by atoms with E-state index in [1.165, 1.54) is 6.42 Å². The van der Waals surface area contributed by atoms with Crippen LogP contribution in [0, 0.1) is 0 Å². The lowest BCUT2D eigenvalue weighted by Crippen LogP contribution is -2.84. The summed E-state index contributed by atoms with van der Waals surface area (Å²) >= 11 is 5.94. The Kier molecular flexibility index (Phi) is 6.56. The molecule has 0 aliphatic carbocycles. The maximum absolute atomic E-state index is 6.09. The number of ether oxygens (including phenoxy) is 3. The minimum atomic E-state index is 0.379. The Balaban J connectivity index is 1.64. The molecule has 1 heterocycles. The maximum atomic E-state index is 6.09. The summed E-state index contributed by atoms with van der Waals surface area (Å²) in [5.74, 6) is 1.57. The zero-order valence-corrected chi connectivity index (χ0v) is 15.3. The Morgan fingerprint density at radius 3 is 2.76 bits per heavy atom. The molecule has 2 aromatic rings. The lowest BCUT2D eigenvalue weighted by Gasteiger charge is -2.15. The topological polar surface area (TPSA) is 44.3 Å². The van der Waals surface area contributed by atoms with Crippen LogP contribution in [-0.2, 0) is 17.9 Å². The average molecular weight is 363 g/mol. The number of rotatable bonds is 8. The van der Waals surface area contributed by atoms with Gasteiger partial charge in [-0.25, -0.2) is 0 Å². The minimum Gasteiger partial charge on any atom is -0.493 e. The number of nitrogens with two attached hydrogens (primary N) is 1. The van der Waals surface area contributed by atoms with Gasteiger partial charge in [0.05, 0.1) is 12.7 Å². The van der Waals surface area contributed by atoms with Gasteiger partial charge >= 0.3 is 0 Å². The van der Waals surface area contributed by atoms with Gasteiger partial charge in [0.2, 0.25) is 0 Å². The third-order valence-corrected chi connectivity index (χ3v) is 4.65. The van der Waals surface area contributed by atoms with Gasteiger partial charge in [0.25, 0.3) is 0 Å². The molecule has 134 valence electrons. The molecule has 0 amide bonds. The van der Waals surface area contributed by atoms with E-state index in [2.05, 4.69) is 11.4 Å². The predicted octanol–water partition coefficient (Wildman–Crippen LogP) is 3.17. The number of hydrogen-bond donors (Lipinski definition) is 1. The average Bonchev–Trinajstić information content (AvgIpc) is 3.15. The third-order valence-electron chi connectivity index (χ3n) is 4.39. The Hall–Kier alpha value is -1.75. The fourth-order valence-electron chi connectivity index (χ4n) is 3.04. The molecule has 5 heteroatoms. The Morgan fingerprint density at radius 2 is 2.04 bits per heavy atom. The molecule has 1 fully saturated rings. The monoisotopic (exact) mass is 362 g/mol. The lowest BCUT2D eigenvalue weighted by atomic mass is 10.1. The van der Waals surface area contributed by atoms with Crippen molar-refractivity contribution >= 4 is 11.6 Å². The van der Waals surface area contributed by atoms with Crippen molar-refractivity contribution in [3.63, 3.8) is 0 Å². The number of para-hydroxylation sites is 1. The molecule has 1 aliphatic rings. The molecule has 0 aromatic heterocycles. The van der Waals surface area contributed by atoms with Crippen LogP contribution in [-0.4, -0.2) is 26.4 Å². The van der Waals surface area contributed by atoms with E-state index in [-0.39, 0.29) is 0 Å². The van der Waals surface area contributed by atoms with Gasteiger partial charge in [-0.05, 0) is 42.7 Å². The first-order valence-corrected chi connectivity index (χ1v) is 9.10. The summed E-state index contributed by atoms with van der Waals surface area (Å²) in [7, 11) is 1.67. The molecule has 0 bridgehead atoms. The highest BCUT2D eigenvalue weighted by Crippen LogP contribution is 2.31. The highest BCUT2D eigenvalue weighted by atomic mass is 35.5. The summed E-state index contributed by atoms with van der Waals surface area (Å²) in [6, 6.07) is 13.7. The third kappa shape index (κ3) is 5.11. The quantitative estimate of drug-likeness (QED) is 0.784. The van der Waals surface area contributed by atoms with E-state index < -0.39 is 0 Å². The lowest BCUT2D eigenvalue weighted by molar-refractivity contribution is -0.676. The molecule has 0 radical (unpaired) electrons. The molecule has 1 saturated heterocycles. The highest BCUT2D eigenvalue weighted by Gasteiger charge is 2.18. The Morgan fingerprint density at radius 1 is 1.20 bits per heavy atom. The second-order valence-corrected chi connectivity index (χ2v) is 6.66. The number of quaternary nitrogens is 1. The van der Waals surface area contributed by atoms with Crippen LogP contribution in [0.15, 0.2) is 42.5 Å². The molecule has 0 unspecified atom stereocenters. The summed E-state index contributed by atoms with van der Waals surface area (Å²) in [6.07, 6.45) is 2.71. The fourth-order valence-corrected chi connectivity index (χ4v) is 3.16. The van der Waals surface area contributed by atoms with Crippen LogP contribution in [0.2, 0.25) is 5.02 Å². The maximum Gasteiger partial charge on any atom is 0.170 e. The van der Waals surface area contributed by atoms with E-state index >= 15 is 0 Å². The number of hydrogen-bond acceptors (Lipinski definition) is 3. The second-order valence-electron chi connectivity index (χ2n) is 6.23. The normalized spacial score (nSPS) is 16.8. The van der Waals surface area contributed by atoms with Crippen molar-refractivity contribution < 1.29 is 19.5 Å². The summed E-state index contributed by atoms with van der Waals surface area (Å²) < 4.78 is 17.3. The molecule has 0 spiro atoms. The smallest absolute Gasteiger partial charge is 0.170 e. The molecule has 0 saturated carbocycles. The van der Waals surface area contributed by atoms with E-state index in [4.69, 9.17) is 25.8 Å². The van der Waals surface area contributed by atoms with Gasteiger partial charge in [-0.15, -0.1) is 0 Å². The van der Waals surface area contributed by atoms with Crippen molar-refractivity contribution in [2.24, 2.45) is 0 Å². The van der Waals surface area contributed by atoms with Crippen LogP contribution >= 0.6 is 11.6 Å². The van der Waals surface area contributed by atoms with Gasteiger partial charge in [0.15, 0.2) is 11.5 Å². The van der Waals surface area contributed by atoms with E-state index in [0.29, 0.717) is 12.7 Å². The van der Waals surface area contributed by atoms with Crippen LogP contribution in [0.1, 0.15) is 24.0 Å². The predicted molar refractivity (Wildman–Crippen MR) is 98.2 cm³/mol. The van der Waals surface area contributed by atoms with Crippen molar-refractivity contribution in [3.05, 3.63) is 58.6 Å². The van der Waals surface area contributed by atoms with E-state index in [0.717, 1.165) is 53.8 Å². The van der Waals surface area contributed by atoms with Gasteiger partial charge in [0, 0.05) is 11.6 Å². The molecule has 1 atom stereocenters. The minimum absolute atomic E-state index is 0.379. The highest BCUT2D eigenvalue weighted by molar-refractivity contribution is 6.30. The van der Waals surface area contributed by atoms with Gasteiger partial charge in [0.1, 0.15) is 25.8 Å². The number of methoxy groups -OCH3 is 1.